The number of nitrogen functional groups attached to an aromatic ring is 1. The summed E-state index contributed by atoms with van der Waals surface area (Å²) in [6.45, 7) is -0.171. The van der Waals surface area contributed by atoms with Crippen molar-refractivity contribution in [2.75, 3.05) is 24.2 Å². The van der Waals surface area contributed by atoms with Gasteiger partial charge < -0.3 is 15.7 Å². The van der Waals surface area contributed by atoms with E-state index < -0.39 is 11.8 Å². The summed E-state index contributed by atoms with van der Waals surface area (Å²) in [6.07, 6.45) is 0. The van der Waals surface area contributed by atoms with Crippen LogP contribution >= 0.6 is 0 Å². The van der Waals surface area contributed by atoms with E-state index in [1.54, 1.807) is 7.05 Å². The topological polar surface area (TPSA) is 66.6 Å². The average molecular weight is 198 g/mol. The Morgan fingerprint density at radius 2 is 2.29 bits per heavy atom. The molecule has 0 saturated carbocycles. The fourth-order valence-corrected chi connectivity index (χ4v) is 1.16. The molecule has 0 amide bonds. The summed E-state index contributed by atoms with van der Waals surface area (Å²) in [5.74, 6) is -1.40. The first-order chi connectivity index (χ1) is 6.50. The monoisotopic (exact) mass is 198 g/mol. The second-order valence-electron chi connectivity index (χ2n) is 2.95. The molecule has 0 fully saturated rings. The predicted octanol–water partition coefficient (Wildman–Crippen LogP) is 0.929. The minimum atomic E-state index is -0.962. The average Bonchev–Trinajstić information content (AvgIpc) is 2.01. The van der Waals surface area contributed by atoms with Gasteiger partial charge in [0.2, 0.25) is 0 Å². The molecule has 76 valence electrons. The maximum atomic E-state index is 12.7. The van der Waals surface area contributed by atoms with Crippen LogP contribution < -0.4 is 10.6 Å². The fraction of sp³-hybridized carbons (Fsp3) is 0.222. The van der Waals surface area contributed by atoms with Crippen LogP contribution in [0.5, 0.6) is 0 Å². The van der Waals surface area contributed by atoms with Crippen LogP contribution in [0.3, 0.4) is 0 Å². The Kier molecular flexibility index (Phi) is 2.91. The normalized spacial score (nSPS) is 9.86. The number of carboxylic acids is 1. The lowest BCUT2D eigenvalue weighted by molar-refractivity contribution is -0.135. The van der Waals surface area contributed by atoms with Crippen LogP contribution in [0.1, 0.15) is 0 Å². The predicted molar refractivity (Wildman–Crippen MR) is 51.7 cm³/mol. The number of carbonyl (C=O) groups is 1. The lowest BCUT2D eigenvalue weighted by Crippen LogP contribution is -2.25. The molecule has 0 aliphatic heterocycles. The highest BCUT2D eigenvalue weighted by molar-refractivity contribution is 5.77. The third-order valence-corrected chi connectivity index (χ3v) is 1.77. The molecule has 4 nitrogen and oxygen atoms in total. The van der Waals surface area contributed by atoms with E-state index in [-0.39, 0.29) is 12.2 Å². The zero-order chi connectivity index (χ0) is 10.7. The van der Waals surface area contributed by atoms with Crippen molar-refractivity contribution in [3.63, 3.8) is 0 Å². The summed E-state index contributed by atoms with van der Waals surface area (Å²) in [7, 11) is 1.58. The standard InChI is InChI=1S/C9H11FN2O2/c1-12(5-9(13)14)8-3-2-6(10)4-7(8)11/h2-4H,5,11H2,1H3,(H,13,14). The number of benzene rings is 1. The Morgan fingerprint density at radius 1 is 1.64 bits per heavy atom. The molecule has 0 aliphatic carbocycles. The summed E-state index contributed by atoms with van der Waals surface area (Å²) < 4.78 is 12.7. The van der Waals surface area contributed by atoms with E-state index in [1.807, 2.05) is 0 Å². The van der Waals surface area contributed by atoms with E-state index in [0.29, 0.717) is 5.69 Å². The number of hydrogen-bond acceptors (Lipinski definition) is 3. The third-order valence-electron chi connectivity index (χ3n) is 1.77. The summed E-state index contributed by atoms with van der Waals surface area (Å²) in [5, 5.41) is 8.53. The maximum Gasteiger partial charge on any atom is 0.323 e. The second-order valence-corrected chi connectivity index (χ2v) is 2.95. The molecule has 0 spiro atoms. The zero-order valence-electron chi connectivity index (χ0n) is 7.70. The highest BCUT2D eigenvalue weighted by Crippen LogP contribution is 2.22. The molecule has 5 heteroatoms. The summed E-state index contributed by atoms with van der Waals surface area (Å²) in [4.78, 5) is 11.8. The van der Waals surface area contributed by atoms with Crippen molar-refractivity contribution in [1.82, 2.24) is 0 Å². The molecule has 0 radical (unpaired) electrons. The van der Waals surface area contributed by atoms with Crippen LogP contribution in [0.25, 0.3) is 0 Å². The van der Waals surface area contributed by atoms with Gasteiger partial charge in [0, 0.05) is 7.05 Å². The van der Waals surface area contributed by atoms with Crippen molar-refractivity contribution in [3.8, 4) is 0 Å². The molecule has 14 heavy (non-hydrogen) atoms. The van der Waals surface area contributed by atoms with Crippen molar-refractivity contribution in [2.45, 2.75) is 0 Å². The first-order valence-electron chi connectivity index (χ1n) is 3.98. The number of carboxylic acid groups (broad SMARTS) is 1. The quantitative estimate of drug-likeness (QED) is 0.709. The van der Waals surface area contributed by atoms with Gasteiger partial charge in [0.25, 0.3) is 0 Å². The zero-order valence-corrected chi connectivity index (χ0v) is 7.70. The molecular formula is C9H11FN2O2. The highest BCUT2D eigenvalue weighted by atomic mass is 19.1. The number of halogens is 1. The van der Waals surface area contributed by atoms with E-state index in [9.17, 15) is 9.18 Å². The van der Waals surface area contributed by atoms with E-state index in [4.69, 9.17) is 10.8 Å². The fourth-order valence-electron chi connectivity index (χ4n) is 1.16. The number of likely N-dealkylation sites (N-methyl/N-ethyl adjacent to an activating group) is 1. The van der Waals surface area contributed by atoms with Crippen LogP contribution in [-0.2, 0) is 4.79 Å². The lowest BCUT2D eigenvalue weighted by Gasteiger charge is -2.18. The van der Waals surface area contributed by atoms with Crippen LogP contribution in [0.4, 0.5) is 15.8 Å². The van der Waals surface area contributed by atoms with Crippen molar-refractivity contribution in [1.29, 1.82) is 0 Å². The molecule has 1 aromatic carbocycles. The minimum absolute atomic E-state index is 0.171. The Hall–Kier alpha value is -1.78. The number of aliphatic carboxylic acids is 1. The van der Waals surface area contributed by atoms with Gasteiger partial charge in [-0.25, -0.2) is 4.39 Å². The molecule has 0 aromatic heterocycles. The van der Waals surface area contributed by atoms with Gasteiger partial charge in [0.15, 0.2) is 0 Å². The molecule has 0 saturated heterocycles. The van der Waals surface area contributed by atoms with Crippen molar-refractivity contribution < 1.29 is 14.3 Å². The van der Waals surface area contributed by atoms with Crippen LogP contribution in [-0.4, -0.2) is 24.7 Å². The Balaban J connectivity index is 2.90. The van der Waals surface area contributed by atoms with Gasteiger partial charge in [-0.05, 0) is 18.2 Å². The van der Waals surface area contributed by atoms with E-state index in [1.165, 1.54) is 17.0 Å². The minimum Gasteiger partial charge on any atom is -0.480 e. The summed E-state index contributed by atoms with van der Waals surface area (Å²) in [6, 6.07) is 3.85. The number of nitrogens with zero attached hydrogens (tertiary/aromatic N) is 1. The molecule has 3 N–H and O–H groups in total. The van der Waals surface area contributed by atoms with E-state index in [2.05, 4.69) is 0 Å². The van der Waals surface area contributed by atoms with Gasteiger partial charge in [-0.15, -0.1) is 0 Å². The first kappa shape index (κ1) is 10.3. The Bertz CT molecular complexity index is 355. The molecule has 0 heterocycles. The van der Waals surface area contributed by atoms with Gasteiger partial charge in [-0.3, -0.25) is 4.79 Å². The molecule has 1 rings (SSSR count). The summed E-state index contributed by atoms with van der Waals surface area (Å²) in [5.41, 5.74) is 6.26. The van der Waals surface area contributed by atoms with Crippen LogP contribution in [0, 0.1) is 5.82 Å². The van der Waals surface area contributed by atoms with E-state index >= 15 is 0 Å². The number of nitrogens with two attached hydrogens (primary N) is 1. The molecule has 0 unspecified atom stereocenters. The lowest BCUT2D eigenvalue weighted by atomic mass is 10.2. The largest absolute Gasteiger partial charge is 0.480 e. The van der Waals surface area contributed by atoms with Gasteiger partial charge in [-0.1, -0.05) is 0 Å². The van der Waals surface area contributed by atoms with Crippen molar-refractivity contribution >= 4 is 17.3 Å². The molecule has 1 aromatic rings. The summed E-state index contributed by atoms with van der Waals surface area (Å²) >= 11 is 0. The van der Waals surface area contributed by atoms with Gasteiger partial charge in [0.05, 0.1) is 11.4 Å². The third kappa shape index (κ3) is 2.35. The maximum absolute atomic E-state index is 12.7. The van der Waals surface area contributed by atoms with Crippen molar-refractivity contribution in [2.24, 2.45) is 0 Å². The van der Waals surface area contributed by atoms with E-state index in [0.717, 1.165) is 6.07 Å². The number of rotatable bonds is 3. The molecular weight excluding hydrogens is 187 g/mol. The molecule has 0 atom stereocenters. The Morgan fingerprint density at radius 3 is 2.79 bits per heavy atom. The highest BCUT2D eigenvalue weighted by Gasteiger charge is 2.08. The van der Waals surface area contributed by atoms with Gasteiger partial charge >= 0.3 is 5.97 Å². The molecule has 0 aliphatic rings. The van der Waals surface area contributed by atoms with Gasteiger partial charge in [-0.2, -0.15) is 0 Å². The second kappa shape index (κ2) is 3.95. The van der Waals surface area contributed by atoms with Crippen LogP contribution in [0.15, 0.2) is 18.2 Å². The first-order valence-corrected chi connectivity index (χ1v) is 3.98. The van der Waals surface area contributed by atoms with Crippen molar-refractivity contribution in [3.05, 3.63) is 24.0 Å². The number of hydrogen-bond donors (Lipinski definition) is 2. The number of anilines is 2. The van der Waals surface area contributed by atoms with Gasteiger partial charge in [0.1, 0.15) is 12.4 Å². The smallest absolute Gasteiger partial charge is 0.323 e. The van der Waals surface area contributed by atoms with Crippen LogP contribution in [0.2, 0.25) is 0 Å². The SMILES string of the molecule is CN(CC(=O)O)c1ccc(F)cc1N. The Labute approximate surface area is 80.7 Å². The molecule has 0 bridgehead atoms.